The summed E-state index contributed by atoms with van der Waals surface area (Å²) in [7, 11) is -2.81. The van der Waals surface area contributed by atoms with Crippen LogP contribution < -0.4 is 5.32 Å². The molecular weight excluding hydrogens is 236 g/mol. The van der Waals surface area contributed by atoms with Crippen molar-refractivity contribution in [1.82, 2.24) is 10.2 Å². The molecule has 1 aliphatic rings. The van der Waals surface area contributed by atoms with Crippen molar-refractivity contribution in [2.45, 2.75) is 26.7 Å². The number of sulfone groups is 1. The van der Waals surface area contributed by atoms with Crippen LogP contribution in [0.4, 0.5) is 0 Å². The summed E-state index contributed by atoms with van der Waals surface area (Å²) in [6.07, 6.45) is 2.47. The van der Waals surface area contributed by atoms with Crippen LogP contribution in [0, 0.1) is 5.92 Å². The minimum atomic E-state index is -2.81. The highest BCUT2D eigenvalue weighted by molar-refractivity contribution is 7.91. The van der Waals surface area contributed by atoms with Gasteiger partial charge in [-0.3, -0.25) is 0 Å². The monoisotopic (exact) mass is 262 g/mol. The Hall–Kier alpha value is -0.130. The Morgan fingerprint density at radius 3 is 2.41 bits per heavy atom. The van der Waals surface area contributed by atoms with E-state index in [2.05, 4.69) is 17.1 Å². The van der Waals surface area contributed by atoms with Gasteiger partial charge in [-0.15, -0.1) is 0 Å². The topological polar surface area (TPSA) is 49.4 Å². The molecule has 0 bridgehead atoms. The number of likely N-dealkylation sites (tertiary alicyclic amines) is 1. The molecule has 102 valence electrons. The molecular formula is C12H26N2O2S. The standard InChI is InChI=1S/C12H26N2O2S/c1-3-14-8-5-12(6-9-14)11-13-7-10-17(15,16)4-2/h12-13H,3-11H2,1-2H3. The van der Waals surface area contributed by atoms with Crippen LogP contribution in [0.3, 0.4) is 0 Å². The molecule has 0 aromatic carbocycles. The average Bonchev–Trinajstić information content (AvgIpc) is 2.35. The Balaban J connectivity index is 2.08. The van der Waals surface area contributed by atoms with Crippen molar-refractivity contribution in [2.75, 3.05) is 44.2 Å². The average molecular weight is 262 g/mol. The molecule has 0 aliphatic carbocycles. The lowest BCUT2D eigenvalue weighted by Gasteiger charge is -2.31. The molecule has 0 saturated carbocycles. The lowest BCUT2D eigenvalue weighted by Crippen LogP contribution is -2.38. The smallest absolute Gasteiger partial charge is 0.151 e. The highest BCUT2D eigenvalue weighted by Gasteiger charge is 2.17. The lowest BCUT2D eigenvalue weighted by molar-refractivity contribution is 0.190. The summed E-state index contributed by atoms with van der Waals surface area (Å²) in [4.78, 5) is 2.47. The first kappa shape index (κ1) is 14.9. The van der Waals surface area contributed by atoms with Gasteiger partial charge in [-0.1, -0.05) is 13.8 Å². The molecule has 5 heteroatoms. The molecule has 1 saturated heterocycles. The van der Waals surface area contributed by atoms with Crippen molar-refractivity contribution in [3.05, 3.63) is 0 Å². The molecule has 4 nitrogen and oxygen atoms in total. The minimum absolute atomic E-state index is 0.254. The van der Waals surface area contributed by atoms with Gasteiger partial charge in [0.2, 0.25) is 0 Å². The second-order valence-corrected chi connectivity index (χ2v) is 7.29. The predicted molar refractivity (Wildman–Crippen MR) is 72.0 cm³/mol. The van der Waals surface area contributed by atoms with E-state index in [1.54, 1.807) is 6.92 Å². The third kappa shape index (κ3) is 5.84. The van der Waals surface area contributed by atoms with E-state index in [1.165, 1.54) is 25.9 Å². The second-order valence-electron chi connectivity index (χ2n) is 4.82. The molecule has 0 aromatic rings. The maximum atomic E-state index is 11.3. The molecule has 0 unspecified atom stereocenters. The van der Waals surface area contributed by atoms with Crippen LogP contribution in [0.25, 0.3) is 0 Å². The van der Waals surface area contributed by atoms with Gasteiger partial charge in [0, 0.05) is 12.3 Å². The Bertz CT molecular complexity index is 296. The molecule has 1 N–H and O–H groups in total. The first-order valence-corrected chi connectivity index (χ1v) is 8.53. The van der Waals surface area contributed by atoms with E-state index >= 15 is 0 Å². The van der Waals surface area contributed by atoms with Gasteiger partial charge in [0.15, 0.2) is 9.84 Å². The first-order chi connectivity index (χ1) is 8.07. The Labute approximate surface area is 106 Å². The molecule has 17 heavy (non-hydrogen) atoms. The first-order valence-electron chi connectivity index (χ1n) is 6.71. The fourth-order valence-electron chi connectivity index (χ4n) is 2.18. The molecule has 0 radical (unpaired) electrons. The molecule has 0 aromatic heterocycles. The largest absolute Gasteiger partial charge is 0.315 e. The zero-order valence-corrected chi connectivity index (χ0v) is 11.9. The van der Waals surface area contributed by atoms with Crippen molar-refractivity contribution < 1.29 is 8.42 Å². The van der Waals surface area contributed by atoms with Crippen LogP contribution in [-0.2, 0) is 9.84 Å². The van der Waals surface area contributed by atoms with Gasteiger partial charge < -0.3 is 10.2 Å². The molecule has 1 rings (SSSR count). The highest BCUT2D eigenvalue weighted by atomic mass is 32.2. The fourth-order valence-corrected chi connectivity index (χ4v) is 2.93. The van der Waals surface area contributed by atoms with Gasteiger partial charge in [-0.2, -0.15) is 0 Å². The molecule has 1 heterocycles. The summed E-state index contributed by atoms with van der Waals surface area (Å²) >= 11 is 0. The van der Waals surface area contributed by atoms with E-state index in [-0.39, 0.29) is 11.5 Å². The van der Waals surface area contributed by atoms with Gasteiger partial charge in [0.25, 0.3) is 0 Å². The van der Waals surface area contributed by atoms with Crippen molar-refractivity contribution in [3.8, 4) is 0 Å². The van der Waals surface area contributed by atoms with Crippen LogP contribution in [0.1, 0.15) is 26.7 Å². The lowest BCUT2D eigenvalue weighted by atomic mass is 9.97. The zero-order chi connectivity index (χ0) is 12.7. The Morgan fingerprint density at radius 1 is 1.24 bits per heavy atom. The van der Waals surface area contributed by atoms with E-state index in [1.807, 2.05) is 0 Å². The SMILES string of the molecule is CCN1CCC(CNCCS(=O)(=O)CC)CC1. The quantitative estimate of drug-likeness (QED) is 0.688. The minimum Gasteiger partial charge on any atom is -0.315 e. The number of piperidine rings is 1. The summed E-state index contributed by atoms with van der Waals surface area (Å²) in [5.74, 6) is 1.25. The van der Waals surface area contributed by atoms with Gasteiger partial charge >= 0.3 is 0 Å². The Morgan fingerprint density at radius 2 is 1.88 bits per heavy atom. The third-order valence-corrected chi connectivity index (χ3v) is 5.32. The molecule has 0 spiro atoms. The maximum absolute atomic E-state index is 11.3. The Kier molecular flexibility index (Phi) is 6.44. The van der Waals surface area contributed by atoms with Crippen LogP contribution in [0.5, 0.6) is 0 Å². The van der Waals surface area contributed by atoms with Crippen LogP contribution in [-0.4, -0.2) is 57.5 Å². The maximum Gasteiger partial charge on any atom is 0.151 e. The van der Waals surface area contributed by atoms with Gasteiger partial charge in [-0.25, -0.2) is 8.42 Å². The van der Waals surface area contributed by atoms with E-state index in [4.69, 9.17) is 0 Å². The summed E-state index contributed by atoms with van der Waals surface area (Å²) in [5, 5.41) is 3.28. The molecule has 1 fully saturated rings. The second kappa shape index (κ2) is 7.34. The van der Waals surface area contributed by atoms with E-state index in [0.29, 0.717) is 6.54 Å². The molecule has 0 atom stereocenters. The van der Waals surface area contributed by atoms with Gasteiger partial charge in [-0.05, 0) is 44.9 Å². The predicted octanol–water partition coefficient (Wildman–Crippen LogP) is 0.743. The zero-order valence-electron chi connectivity index (χ0n) is 11.1. The number of nitrogens with zero attached hydrogens (tertiary/aromatic N) is 1. The van der Waals surface area contributed by atoms with Crippen molar-refractivity contribution in [3.63, 3.8) is 0 Å². The summed E-state index contributed by atoms with van der Waals surface area (Å²) in [5.41, 5.74) is 0. The van der Waals surface area contributed by atoms with Gasteiger partial charge in [0.1, 0.15) is 0 Å². The van der Waals surface area contributed by atoms with E-state index in [0.717, 1.165) is 19.0 Å². The molecule has 0 amide bonds. The fraction of sp³-hybridized carbons (Fsp3) is 1.00. The highest BCUT2D eigenvalue weighted by Crippen LogP contribution is 2.15. The summed E-state index contributed by atoms with van der Waals surface area (Å²) in [6.45, 7) is 9.01. The van der Waals surface area contributed by atoms with Crippen LogP contribution in [0.2, 0.25) is 0 Å². The number of hydrogen-bond acceptors (Lipinski definition) is 4. The van der Waals surface area contributed by atoms with Crippen molar-refractivity contribution in [2.24, 2.45) is 5.92 Å². The summed E-state index contributed by atoms with van der Waals surface area (Å²) in [6, 6.07) is 0. The third-order valence-electron chi connectivity index (χ3n) is 3.62. The van der Waals surface area contributed by atoms with Crippen LogP contribution in [0.15, 0.2) is 0 Å². The number of rotatable bonds is 7. The number of nitrogens with one attached hydrogen (secondary N) is 1. The normalized spacial score (nSPS) is 19.6. The van der Waals surface area contributed by atoms with E-state index < -0.39 is 9.84 Å². The van der Waals surface area contributed by atoms with Crippen LogP contribution >= 0.6 is 0 Å². The van der Waals surface area contributed by atoms with Crippen molar-refractivity contribution >= 4 is 9.84 Å². The number of hydrogen-bond donors (Lipinski definition) is 1. The van der Waals surface area contributed by atoms with E-state index in [9.17, 15) is 8.42 Å². The van der Waals surface area contributed by atoms with Crippen molar-refractivity contribution in [1.29, 1.82) is 0 Å². The summed E-state index contributed by atoms with van der Waals surface area (Å²) < 4.78 is 22.6. The van der Waals surface area contributed by atoms with Gasteiger partial charge in [0.05, 0.1) is 5.75 Å². The molecule has 1 aliphatic heterocycles.